The fourth-order valence-corrected chi connectivity index (χ4v) is 2.77. The zero-order valence-corrected chi connectivity index (χ0v) is 14.3. The lowest BCUT2D eigenvalue weighted by Gasteiger charge is -2.21. The first-order valence-electron chi connectivity index (χ1n) is 8.15. The van der Waals surface area contributed by atoms with E-state index in [1.54, 1.807) is 19.1 Å². The number of phenolic OH excluding ortho intramolecular Hbond substituents is 1. The number of nitrogens with zero attached hydrogens (tertiary/aromatic N) is 3. The van der Waals surface area contributed by atoms with E-state index in [9.17, 15) is 5.11 Å². The van der Waals surface area contributed by atoms with Crippen molar-refractivity contribution in [1.82, 2.24) is 10.2 Å². The number of aromatic hydroxyl groups is 1. The molecule has 0 radical (unpaired) electrons. The highest BCUT2D eigenvalue weighted by atomic mass is 16.7. The zero-order valence-electron chi connectivity index (χ0n) is 14.3. The number of hydrogen-bond donors (Lipinski definition) is 1. The van der Waals surface area contributed by atoms with Gasteiger partial charge in [0.2, 0.25) is 17.7 Å². The number of hydrogen-bond acceptors (Lipinski definition) is 7. The Kier molecular flexibility index (Phi) is 3.84. The van der Waals surface area contributed by atoms with Gasteiger partial charge in [0.1, 0.15) is 11.5 Å². The Hall–Kier alpha value is -3.35. The van der Waals surface area contributed by atoms with Gasteiger partial charge in [-0.3, -0.25) is 0 Å². The van der Waals surface area contributed by atoms with E-state index in [4.69, 9.17) is 14.0 Å². The van der Waals surface area contributed by atoms with E-state index < -0.39 is 5.60 Å². The number of oxime groups is 1. The molecule has 1 atom stereocenters. The Labute approximate surface area is 149 Å². The Morgan fingerprint density at radius 2 is 1.92 bits per heavy atom. The van der Waals surface area contributed by atoms with E-state index in [-0.39, 0.29) is 5.75 Å². The molecule has 1 N–H and O–H groups in total. The molecule has 2 aromatic carbocycles. The molecular formula is C19H17N3O4. The lowest BCUT2D eigenvalue weighted by molar-refractivity contribution is -0.00742. The summed E-state index contributed by atoms with van der Waals surface area (Å²) < 4.78 is 11.3. The van der Waals surface area contributed by atoms with Gasteiger partial charge in [-0.1, -0.05) is 23.4 Å². The van der Waals surface area contributed by atoms with Crippen LogP contribution in [0.2, 0.25) is 0 Å². The third-order valence-corrected chi connectivity index (χ3v) is 4.16. The summed E-state index contributed by atoms with van der Waals surface area (Å²) in [5.41, 5.74) is 1.04. The molecule has 7 heteroatoms. The predicted octanol–water partition coefficient (Wildman–Crippen LogP) is 3.78. The average molecular weight is 351 g/mol. The first-order valence-corrected chi connectivity index (χ1v) is 8.15. The summed E-state index contributed by atoms with van der Waals surface area (Å²) in [6.07, 6.45) is 0.474. The summed E-state index contributed by atoms with van der Waals surface area (Å²) in [6, 6.07) is 14.2. The average Bonchev–Trinajstić information content (AvgIpc) is 3.23. The molecule has 1 aliphatic heterocycles. The van der Waals surface area contributed by atoms with Crippen molar-refractivity contribution in [3.63, 3.8) is 0 Å². The maximum absolute atomic E-state index is 9.44. The lowest BCUT2D eigenvalue weighted by atomic mass is 9.93. The van der Waals surface area contributed by atoms with Gasteiger partial charge in [0.25, 0.3) is 0 Å². The predicted molar refractivity (Wildman–Crippen MR) is 93.7 cm³/mol. The standard InChI is InChI=1S/C19H17N3O4/c1-12-20-21-18(24-12)13-4-3-5-16(10-13)25-17-11-19(2,26-22-17)14-6-8-15(23)9-7-14/h3-10,23H,11H2,1-2H3/t19-/m1/s1. The van der Waals surface area contributed by atoms with E-state index >= 15 is 0 Å². The third-order valence-electron chi connectivity index (χ3n) is 4.16. The topological polar surface area (TPSA) is 90.0 Å². The summed E-state index contributed by atoms with van der Waals surface area (Å²) in [5.74, 6) is 2.23. The summed E-state index contributed by atoms with van der Waals surface area (Å²) in [6.45, 7) is 3.67. The second-order valence-electron chi connectivity index (χ2n) is 6.29. The van der Waals surface area contributed by atoms with Crippen molar-refractivity contribution in [2.45, 2.75) is 25.9 Å². The Balaban J connectivity index is 1.49. The lowest BCUT2D eigenvalue weighted by Crippen LogP contribution is -2.23. The van der Waals surface area contributed by atoms with Crippen LogP contribution in [-0.4, -0.2) is 21.2 Å². The Morgan fingerprint density at radius 1 is 1.12 bits per heavy atom. The van der Waals surface area contributed by atoms with Crippen LogP contribution >= 0.6 is 0 Å². The van der Waals surface area contributed by atoms with Crippen molar-refractivity contribution in [2.24, 2.45) is 5.16 Å². The molecule has 0 bridgehead atoms. The molecule has 1 aliphatic rings. The van der Waals surface area contributed by atoms with Gasteiger partial charge < -0.3 is 19.1 Å². The molecule has 1 aromatic heterocycles. The highest BCUT2D eigenvalue weighted by Gasteiger charge is 2.37. The minimum absolute atomic E-state index is 0.209. The fraction of sp³-hybridized carbons (Fsp3) is 0.211. The molecule has 0 fully saturated rings. The molecule has 3 aromatic rings. The van der Waals surface area contributed by atoms with Crippen LogP contribution in [0.1, 0.15) is 24.8 Å². The van der Waals surface area contributed by atoms with Gasteiger partial charge in [-0.25, -0.2) is 0 Å². The van der Waals surface area contributed by atoms with Crippen molar-refractivity contribution in [1.29, 1.82) is 0 Å². The smallest absolute Gasteiger partial charge is 0.247 e. The van der Waals surface area contributed by atoms with Crippen LogP contribution in [0, 0.1) is 6.92 Å². The molecule has 4 rings (SSSR count). The van der Waals surface area contributed by atoms with E-state index in [2.05, 4.69) is 15.4 Å². The van der Waals surface area contributed by atoms with Crippen LogP contribution < -0.4 is 4.74 Å². The molecule has 0 aliphatic carbocycles. The van der Waals surface area contributed by atoms with Crippen LogP contribution in [0.25, 0.3) is 11.5 Å². The van der Waals surface area contributed by atoms with Crippen LogP contribution in [0.15, 0.2) is 58.1 Å². The number of aryl methyl sites for hydroxylation is 1. The third kappa shape index (κ3) is 3.11. The Morgan fingerprint density at radius 3 is 2.65 bits per heavy atom. The monoisotopic (exact) mass is 351 g/mol. The maximum atomic E-state index is 9.44. The Bertz CT molecular complexity index is 965. The molecule has 0 saturated carbocycles. The van der Waals surface area contributed by atoms with Gasteiger partial charge in [0.05, 0.1) is 6.42 Å². The summed E-state index contributed by atoms with van der Waals surface area (Å²) in [4.78, 5) is 5.61. The largest absolute Gasteiger partial charge is 0.508 e. The van der Waals surface area contributed by atoms with Gasteiger partial charge in [-0.2, -0.15) is 0 Å². The number of benzene rings is 2. The van der Waals surface area contributed by atoms with E-state index in [0.29, 0.717) is 29.8 Å². The van der Waals surface area contributed by atoms with Crippen molar-refractivity contribution < 1.29 is 19.1 Å². The summed E-state index contributed by atoms with van der Waals surface area (Å²) in [7, 11) is 0. The van der Waals surface area contributed by atoms with E-state index in [0.717, 1.165) is 11.1 Å². The number of phenols is 1. The second-order valence-corrected chi connectivity index (χ2v) is 6.29. The van der Waals surface area contributed by atoms with Crippen molar-refractivity contribution in [3.8, 4) is 23.0 Å². The zero-order chi connectivity index (χ0) is 18.1. The number of rotatable bonds is 3. The van der Waals surface area contributed by atoms with Gasteiger partial charge in [-0.05, 0) is 42.8 Å². The first kappa shape index (κ1) is 16.1. The summed E-state index contributed by atoms with van der Waals surface area (Å²) in [5, 5.41) is 21.4. The molecule has 2 heterocycles. The SMILES string of the molecule is Cc1nnc(-c2cccc(OC3=NO[C@@](C)(c4ccc(O)cc4)C3)c2)o1. The molecule has 0 unspecified atom stereocenters. The van der Waals surface area contributed by atoms with Crippen molar-refractivity contribution in [3.05, 3.63) is 60.0 Å². The molecule has 0 amide bonds. The van der Waals surface area contributed by atoms with Crippen LogP contribution in [0.5, 0.6) is 11.5 Å². The van der Waals surface area contributed by atoms with Gasteiger partial charge >= 0.3 is 0 Å². The van der Waals surface area contributed by atoms with Crippen LogP contribution in [-0.2, 0) is 10.4 Å². The minimum Gasteiger partial charge on any atom is -0.508 e. The molecule has 132 valence electrons. The number of aromatic nitrogens is 2. The van der Waals surface area contributed by atoms with Gasteiger partial charge in [0, 0.05) is 12.5 Å². The van der Waals surface area contributed by atoms with Gasteiger partial charge in [0.15, 0.2) is 5.60 Å². The van der Waals surface area contributed by atoms with E-state index in [1.165, 1.54) is 0 Å². The van der Waals surface area contributed by atoms with Gasteiger partial charge in [-0.15, -0.1) is 10.2 Å². The quantitative estimate of drug-likeness (QED) is 0.772. The second kappa shape index (κ2) is 6.18. The normalized spacial score (nSPS) is 19.1. The molecule has 0 spiro atoms. The molecule has 0 saturated heterocycles. The minimum atomic E-state index is -0.635. The van der Waals surface area contributed by atoms with Crippen LogP contribution in [0.4, 0.5) is 0 Å². The summed E-state index contributed by atoms with van der Waals surface area (Å²) >= 11 is 0. The van der Waals surface area contributed by atoms with Crippen LogP contribution in [0.3, 0.4) is 0 Å². The highest BCUT2D eigenvalue weighted by molar-refractivity contribution is 5.81. The number of ether oxygens (including phenoxy) is 1. The fourth-order valence-electron chi connectivity index (χ4n) is 2.77. The first-order chi connectivity index (χ1) is 12.5. The highest BCUT2D eigenvalue weighted by Crippen LogP contribution is 2.36. The molecular weight excluding hydrogens is 334 g/mol. The molecule has 7 nitrogen and oxygen atoms in total. The van der Waals surface area contributed by atoms with Crippen molar-refractivity contribution in [2.75, 3.05) is 0 Å². The van der Waals surface area contributed by atoms with Crippen molar-refractivity contribution >= 4 is 5.90 Å². The maximum Gasteiger partial charge on any atom is 0.247 e. The molecule has 26 heavy (non-hydrogen) atoms. The van der Waals surface area contributed by atoms with E-state index in [1.807, 2.05) is 43.3 Å².